The SMILES string of the molecule is CC(C)(C)OC(=O)CCN(CCN)c1cccc2c1[nH]c(=O)n2Cc1ccccc1.CC(C)(C)OC(=O)N1CCN(c2cccc(NCc3ccccc3)c2N)CC1. The molecule has 6 N–H and O–H groups in total. The van der Waals surface area contributed by atoms with Crippen LogP contribution in [0.2, 0.25) is 0 Å². The van der Waals surface area contributed by atoms with Crippen LogP contribution in [0.15, 0.2) is 102 Å². The van der Waals surface area contributed by atoms with Crippen molar-refractivity contribution >= 4 is 45.8 Å². The summed E-state index contributed by atoms with van der Waals surface area (Å²) in [7, 11) is 0. The van der Waals surface area contributed by atoms with Gasteiger partial charge in [0.2, 0.25) is 0 Å². The van der Waals surface area contributed by atoms with E-state index in [1.54, 1.807) is 9.47 Å². The van der Waals surface area contributed by atoms with Gasteiger partial charge in [-0.1, -0.05) is 72.8 Å². The molecule has 1 amide bonds. The van der Waals surface area contributed by atoms with Gasteiger partial charge in [0.15, 0.2) is 0 Å². The van der Waals surface area contributed by atoms with Crippen molar-refractivity contribution in [2.75, 3.05) is 66.7 Å². The van der Waals surface area contributed by atoms with Crippen LogP contribution >= 0.6 is 0 Å². The molecule has 1 saturated heterocycles. The van der Waals surface area contributed by atoms with Crippen molar-refractivity contribution in [3.63, 3.8) is 0 Å². The van der Waals surface area contributed by atoms with E-state index in [-0.39, 0.29) is 24.2 Å². The highest BCUT2D eigenvalue weighted by Crippen LogP contribution is 2.32. The first-order valence-electron chi connectivity index (χ1n) is 19.9. The zero-order chi connectivity index (χ0) is 41.9. The second-order valence-corrected chi connectivity index (χ2v) is 16.3. The molecule has 0 radical (unpaired) electrons. The van der Waals surface area contributed by atoms with E-state index in [4.69, 9.17) is 20.9 Å². The Morgan fingerprint density at radius 3 is 2.02 bits per heavy atom. The van der Waals surface area contributed by atoms with Crippen LogP contribution < -0.4 is 32.3 Å². The average molecular weight is 793 g/mol. The van der Waals surface area contributed by atoms with Gasteiger partial charge in [0.25, 0.3) is 0 Å². The smallest absolute Gasteiger partial charge is 0.410 e. The summed E-state index contributed by atoms with van der Waals surface area (Å²) in [6.45, 7) is 16.6. The third kappa shape index (κ3) is 12.3. The van der Waals surface area contributed by atoms with E-state index in [9.17, 15) is 14.4 Å². The first kappa shape index (κ1) is 43.2. The normalized spacial score (nSPS) is 13.1. The first-order valence-corrected chi connectivity index (χ1v) is 19.9. The number of amides is 1. The summed E-state index contributed by atoms with van der Waals surface area (Å²) in [5.41, 5.74) is 18.5. The number of anilines is 4. The van der Waals surface area contributed by atoms with Gasteiger partial charge in [0, 0.05) is 52.4 Å². The van der Waals surface area contributed by atoms with Gasteiger partial charge < -0.3 is 45.9 Å². The van der Waals surface area contributed by atoms with Gasteiger partial charge in [-0.15, -0.1) is 0 Å². The summed E-state index contributed by atoms with van der Waals surface area (Å²) < 4.78 is 12.6. The molecule has 0 saturated carbocycles. The number of carbonyl (C=O) groups excluding carboxylic acids is 2. The first-order chi connectivity index (χ1) is 27.6. The minimum absolute atomic E-state index is 0.166. The number of carbonyl (C=O) groups is 2. The Bertz CT molecular complexity index is 2150. The third-order valence-electron chi connectivity index (χ3n) is 9.40. The summed E-state index contributed by atoms with van der Waals surface area (Å²) in [6.07, 6.45) is -0.0128. The molecule has 0 atom stereocenters. The van der Waals surface area contributed by atoms with Crippen molar-refractivity contribution in [1.82, 2.24) is 14.5 Å². The van der Waals surface area contributed by atoms with E-state index >= 15 is 0 Å². The van der Waals surface area contributed by atoms with Gasteiger partial charge >= 0.3 is 17.8 Å². The molecular weight excluding hydrogens is 733 g/mol. The molecule has 13 nitrogen and oxygen atoms in total. The lowest BCUT2D eigenvalue weighted by molar-refractivity contribution is -0.154. The fourth-order valence-electron chi connectivity index (χ4n) is 6.71. The molecule has 1 aliphatic rings. The Morgan fingerprint density at radius 2 is 1.40 bits per heavy atom. The molecule has 0 unspecified atom stereocenters. The number of hydrogen-bond acceptors (Lipinski definition) is 10. The van der Waals surface area contributed by atoms with Crippen LogP contribution in [-0.2, 0) is 27.4 Å². The number of H-pyrrole nitrogens is 1. The standard InChI is InChI=1S/C23H30N4O3.C22H30N4O2/c1-23(2,3)30-20(28)12-14-26(15-13-24)18-10-7-11-19-21(18)25-22(29)27(19)16-17-8-5-4-6-9-17;1-22(2,3)28-21(27)26-14-12-25(13-15-26)19-11-7-10-18(20(19)23)24-16-17-8-5-4-6-9-17/h4-11H,12-16,24H2,1-3H3,(H,25,29);4-11,24H,12-16,23H2,1-3H3. The van der Waals surface area contributed by atoms with E-state index in [1.165, 1.54) is 5.56 Å². The fraction of sp³-hybridized carbons (Fsp3) is 0.400. The maximum Gasteiger partial charge on any atom is 0.410 e. The summed E-state index contributed by atoms with van der Waals surface area (Å²) >= 11 is 0. The molecule has 13 heteroatoms. The lowest BCUT2D eigenvalue weighted by Gasteiger charge is -2.37. The number of rotatable bonds is 12. The quantitative estimate of drug-likeness (QED) is 0.0780. The Morgan fingerprint density at radius 1 is 0.776 bits per heavy atom. The number of para-hydroxylation sites is 2. The Hall–Kier alpha value is -5.95. The lowest BCUT2D eigenvalue weighted by Crippen LogP contribution is -2.50. The Balaban J connectivity index is 0.000000221. The van der Waals surface area contributed by atoms with Crippen molar-refractivity contribution in [2.45, 2.75) is 72.3 Å². The molecule has 1 fully saturated rings. The highest BCUT2D eigenvalue weighted by atomic mass is 16.6. The highest BCUT2D eigenvalue weighted by Gasteiger charge is 2.27. The summed E-state index contributed by atoms with van der Waals surface area (Å²) in [6, 6.07) is 31.9. The number of hydrogen-bond donors (Lipinski definition) is 4. The molecule has 5 aromatic rings. The van der Waals surface area contributed by atoms with Crippen LogP contribution in [0, 0.1) is 0 Å². The van der Waals surface area contributed by atoms with Gasteiger partial charge in [-0.3, -0.25) is 9.36 Å². The van der Waals surface area contributed by atoms with Gasteiger partial charge in [-0.2, -0.15) is 0 Å². The van der Waals surface area contributed by atoms with Gasteiger partial charge in [0.05, 0.1) is 46.7 Å². The molecule has 0 spiro atoms. The molecule has 2 heterocycles. The lowest BCUT2D eigenvalue weighted by atomic mass is 10.1. The fourth-order valence-corrected chi connectivity index (χ4v) is 6.71. The Kier molecular flexibility index (Phi) is 14.5. The molecule has 1 aromatic heterocycles. The average Bonchev–Trinajstić information content (AvgIpc) is 3.50. The molecule has 0 aliphatic carbocycles. The van der Waals surface area contributed by atoms with E-state index in [0.29, 0.717) is 39.3 Å². The molecule has 0 bridgehead atoms. The van der Waals surface area contributed by atoms with Crippen molar-refractivity contribution in [3.05, 3.63) is 119 Å². The van der Waals surface area contributed by atoms with Crippen LogP contribution in [0.4, 0.5) is 27.5 Å². The van der Waals surface area contributed by atoms with Crippen molar-refractivity contribution in [3.8, 4) is 0 Å². The minimum atomic E-state index is -0.518. The predicted octanol–water partition coefficient (Wildman–Crippen LogP) is 6.81. The molecule has 4 aromatic carbocycles. The number of nitrogens with zero attached hydrogens (tertiary/aromatic N) is 4. The number of esters is 1. The van der Waals surface area contributed by atoms with E-state index in [1.807, 2.05) is 131 Å². The minimum Gasteiger partial charge on any atom is -0.460 e. The van der Waals surface area contributed by atoms with Gasteiger partial charge in [-0.05, 0) is 76.9 Å². The largest absolute Gasteiger partial charge is 0.460 e. The second kappa shape index (κ2) is 19.5. The molecule has 310 valence electrons. The number of aromatic nitrogens is 2. The van der Waals surface area contributed by atoms with Crippen LogP contribution in [0.3, 0.4) is 0 Å². The van der Waals surface area contributed by atoms with E-state index in [0.717, 1.165) is 59.0 Å². The van der Waals surface area contributed by atoms with Crippen LogP contribution in [-0.4, -0.2) is 83.5 Å². The second-order valence-electron chi connectivity index (χ2n) is 16.3. The number of nitrogens with two attached hydrogens (primary N) is 2. The number of piperazine rings is 1. The molecular formula is C45H60N8O5. The molecule has 58 heavy (non-hydrogen) atoms. The van der Waals surface area contributed by atoms with E-state index in [2.05, 4.69) is 27.3 Å². The van der Waals surface area contributed by atoms with E-state index < -0.39 is 11.2 Å². The van der Waals surface area contributed by atoms with Crippen molar-refractivity contribution in [2.24, 2.45) is 5.73 Å². The number of fused-ring (bicyclic) bond motifs is 1. The van der Waals surface area contributed by atoms with Crippen LogP contribution in [0.1, 0.15) is 59.1 Å². The number of aromatic amines is 1. The number of imidazole rings is 1. The number of benzene rings is 4. The topological polar surface area (TPSA) is 164 Å². The van der Waals surface area contributed by atoms with Gasteiger partial charge in [-0.25, -0.2) is 9.59 Å². The summed E-state index contributed by atoms with van der Waals surface area (Å²) in [5, 5.41) is 3.43. The third-order valence-corrected chi connectivity index (χ3v) is 9.40. The zero-order valence-corrected chi connectivity index (χ0v) is 34.8. The van der Waals surface area contributed by atoms with Crippen LogP contribution in [0.5, 0.6) is 0 Å². The monoisotopic (exact) mass is 792 g/mol. The number of nitrogens with one attached hydrogen (secondary N) is 2. The summed E-state index contributed by atoms with van der Waals surface area (Å²) in [4.78, 5) is 46.1. The highest BCUT2D eigenvalue weighted by molar-refractivity contribution is 5.89. The molecule has 1 aliphatic heterocycles. The van der Waals surface area contributed by atoms with Gasteiger partial charge in [0.1, 0.15) is 11.2 Å². The van der Waals surface area contributed by atoms with Crippen LogP contribution in [0.25, 0.3) is 11.0 Å². The number of nitrogen functional groups attached to an aromatic ring is 1. The maximum atomic E-state index is 12.7. The van der Waals surface area contributed by atoms with Crippen molar-refractivity contribution < 1.29 is 19.1 Å². The van der Waals surface area contributed by atoms with Crippen molar-refractivity contribution in [1.29, 1.82) is 0 Å². The maximum absolute atomic E-state index is 12.7. The molecule has 6 rings (SSSR count). The Labute approximate surface area is 341 Å². The summed E-state index contributed by atoms with van der Waals surface area (Å²) in [5.74, 6) is -0.258. The zero-order valence-electron chi connectivity index (χ0n) is 34.8. The number of ether oxygens (including phenoxy) is 2. The predicted molar refractivity (Wildman–Crippen MR) is 234 cm³/mol.